The van der Waals surface area contributed by atoms with Gasteiger partial charge in [-0.15, -0.1) is 0 Å². The lowest BCUT2D eigenvalue weighted by Crippen LogP contribution is -2.31. The zero-order valence-corrected chi connectivity index (χ0v) is 11.8. The van der Waals surface area contributed by atoms with E-state index in [0.717, 1.165) is 15.7 Å². The number of benzene rings is 1. The molecule has 0 saturated carbocycles. The van der Waals surface area contributed by atoms with Crippen LogP contribution in [0.1, 0.15) is 5.56 Å². The van der Waals surface area contributed by atoms with Crippen LogP contribution in [0.15, 0.2) is 22.7 Å². The summed E-state index contributed by atoms with van der Waals surface area (Å²) in [5, 5.41) is 12.7. The molecule has 1 heterocycles. The molecule has 0 aromatic heterocycles. The van der Waals surface area contributed by atoms with E-state index in [2.05, 4.69) is 21.2 Å². The summed E-state index contributed by atoms with van der Waals surface area (Å²) >= 11 is 3.38. The quantitative estimate of drug-likeness (QED) is 0.863. The standard InChI is InChI=1S/C11H14BrNO3S/c1-7-2-8(12)4-9(3-7)13-10-5-17(15,16)6-11(10)14/h2-4,10-11,13-14H,5-6H2,1H3. The largest absolute Gasteiger partial charge is 0.390 e. The van der Waals surface area contributed by atoms with Gasteiger partial charge in [-0.05, 0) is 30.7 Å². The zero-order valence-electron chi connectivity index (χ0n) is 9.35. The predicted octanol–water partition coefficient (Wildman–Crippen LogP) is 1.33. The van der Waals surface area contributed by atoms with Crippen molar-refractivity contribution in [1.29, 1.82) is 0 Å². The number of anilines is 1. The van der Waals surface area contributed by atoms with Crippen LogP contribution < -0.4 is 5.32 Å². The van der Waals surface area contributed by atoms with E-state index in [4.69, 9.17) is 0 Å². The Kier molecular flexibility index (Phi) is 3.47. The molecule has 0 aliphatic carbocycles. The molecule has 17 heavy (non-hydrogen) atoms. The van der Waals surface area contributed by atoms with Crippen LogP contribution >= 0.6 is 15.9 Å². The van der Waals surface area contributed by atoms with Crippen molar-refractivity contribution in [3.05, 3.63) is 28.2 Å². The molecule has 0 amide bonds. The minimum atomic E-state index is -3.11. The SMILES string of the molecule is Cc1cc(Br)cc(NC2CS(=O)(=O)CC2O)c1. The van der Waals surface area contributed by atoms with Crippen molar-refractivity contribution < 1.29 is 13.5 Å². The van der Waals surface area contributed by atoms with Gasteiger partial charge in [0, 0.05) is 10.2 Å². The first-order chi connectivity index (χ1) is 7.85. The van der Waals surface area contributed by atoms with Gasteiger partial charge in [-0.25, -0.2) is 8.42 Å². The molecule has 0 spiro atoms. The molecular weight excluding hydrogens is 306 g/mol. The third-order valence-corrected chi connectivity index (χ3v) is 4.89. The van der Waals surface area contributed by atoms with Gasteiger partial charge in [0.25, 0.3) is 0 Å². The Balaban J connectivity index is 2.16. The Morgan fingerprint density at radius 3 is 2.59 bits per heavy atom. The number of aryl methyl sites for hydroxylation is 1. The van der Waals surface area contributed by atoms with E-state index < -0.39 is 22.0 Å². The third-order valence-electron chi connectivity index (χ3n) is 2.72. The van der Waals surface area contributed by atoms with E-state index in [1.165, 1.54) is 0 Å². The number of halogens is 1. The Bertz CT molecular complexity index is 509. The van der Waals surface area contributed by atoms with E-state index in [1.807, 2.05) is 25.1 Å². The molecule has 1 saturated heterocycles. The highest BCUT2D eigenvalue weighted by Gasteiger charge is 2.36. The average Bonchev–Trinajstić information content (AvgIpc) is 2.37. The number of hydrogen-bond acceptors (Lipinski definition) is 4. The Labute approximate surface area is 109 Å². The smallest absolute Gasteiger partial charge is 0.155 e. The van der Waals surface area contributed by atoms with E-state index in [9.17, 15) is 13.5 Å². The molecule has 1 fully saturated rings. The van der Waals surface area contributed by atoms with Crippen LogP contribution in [0.4, 0.5) is 5.69 Å². The summed E-state index contributed by atoms with van der Waals surface area (Å²) in [7, 11) is -3.11. The Morgan fingerprint density at radius 1 is 1.35 bits per heavy atom. The van der Waals surface area contributed by atoms with E-state index >= 15 is 0 Å². The molecule has 2 N–H and O–H groups in total. The van der Waals surface area contributed by atoms with Crippen LogP contribution in [-0.4, -0.2) is 37.2 Å². The van der Waals surface area contributed by atoms with Crippen molar-refractivity contribution in [2.24, 2.45) is 0 Å². The van der Waals surface area contributed by atoms with Gasteiger partial charge in [0.05, 0.1) is 23.7 Å². The molecule has 94 valence electrons. The molecule has 0 bridgehead atoms. The molecule has 0 radical (unpaired) electrons. The summed E-state index contributed by atoms with van der Waals surface area (Å²) in [4.78, 5) is 0. The summed E-state index contributed by atoms with van der Waals surface area (Å²) in [5.74, 6) is -0.169. The number of hydrogen-bond donors (Lipinski definition) is 2. The molecule has 6 heteroatoms. The van der Waals surface area contributed by atoms with Gasteiger partial charge in [0.1, 0.15) is 0 Å². The highest BCUT2D eigenvalue weighted by Crippen LogP contribution is 2.22. The number of aliphatic hydroxyl groups is 1. The molecule has 1 aliphatic rings. The van der Waals surface area contributed by atoms with Gasteiger partial charge in [-0.2, -0.15) is 0 Å². The molecule has 1 aromatic carbocycles. The van der Waals surface area contributed by atoms with Crippen molar-refractivity contribution in [1.82, 2.24) is 0 Å². The van der Waals surface area contributed by atoms with Crippen molar-refractivity contribution in [2.45, 2.75) is 19.1 Å². The van der Waals surface area contributed by atoms with Crippen LogP contribution in [0.2, 0.25) is 0 Å². The van der Waals surface area contributed by atoms with E-state index in [0.29, 0.717) is 0 Å². The van der Waals surface area contributed by atoms with Gasteiger partial charge in [0.15, 0.2) is 9.84 Å². The molecule has 2 rings (SSSR count). The van der Waals surface area contributed by atoms with Crippen LogP contribution in [0.25, 0.3) is 0 Å². The van der Waals surface area contributed by atoms with Crippen LogP contribution in [0, 0.1) is 6.92 Å². The topological polar surface area (TPSA) is 66.4 Å². The lowest BCUT2D eigenvalue weighted by Gasteiger charge is -2.17. The maximum atomic E-state index is 11.4. The van der Waals surface area contributed by atoms with Gasteiger partial charge in [-0.1, -0.05) is 15.9 Å². The summed E-state index contributed by atoms with van der Waals surface area (Å²) in [6.45, 7) is 1.96. The van der Waals surface area contributed by atoms with Gasteiger partial charge < -0.3 is 10.4 Å². The fourth-order valence-electron chi connectivity index (χ4n) is 2.00. The molecule has 4 nitrogen and oxygen atoms in total. The van der Waals surface area contributed by atoms with E-state index in [-0.39, 0.29) is 11.5 Å². The zero-order chi connectivity index (χ0) is 12.6. The first-order valence-corrected chi connectivity index (χ1v) is 7.89. The minimum Gasteiger partial charge on any atom is -0.390 e. The normalized spacial score (nSPS) is 27.0. The lowest BCUT2D eigenvalue weighted by molar-refractivity contribution is 0.190. The molecular formula is C11H14BrNO3S. The molecule has 2 unspecified atom stereocenters. The second-order valence-electron chi connectivity index (χ2n) is 4.41. The first kappa shape index (κ1) is 12.9. The van der Waals surface area contributed by atoms with Crippen molar-refractivity contribution in [3.63, 3.8) is 0 Å². The van der Waals surface area contributed by atoms with E-state index in [1.54, 1.807) is 0 Å². The monoisotopic (exact) mass is 319 g/mol. The van der Waals surface area contributed by atoms with Gasteiger partial charge in [-0.3, -0.25) is 0 Å². The highest BCUT2D eigenvalue weighted by molar-refractivity contribution is 9.10. The van der Waals surface area contributed by atoms with Crippen LogP contribution in [0.5, 0.6) is 0 Å². The second-order valence-corrected chi connectivity index (χ2v) is 7.48. The van der Waals surface area contributed by atoms with Gasteiger partial charge in [0.2, 0.25) is 0 Å². The number of rotatable bonds is 2. The molecule has 1 aliphatic heterocycles. The van der Waals surface area contributed by atoms with Crippen molar-refractivity contribution in [3.8, 4) is 0 Å². The Morgan fingerprint density at radius 2 is 2.06 bits per heavy atom. The summed E-state index contributed by atoms with van der Waals surface area (Å²) in [6.07, 6.45) is -0.834. The predicted molar refractivity (Wildman–Crippen MR) is 71.0 cm³/mol. The van der Waals surface area contributed by atoms with Crippen molar-refractivity contribution >= 4 is 31.5 Å². The molecule has 1 aromatic rings. The summed E-state index contributed by atoms with van der Waals surface area (Å²) < 4.78 is 23.7. The first-order valence-electron chi connectivity index (χ1n) is 5.28. The molecule has 2 atom stereocenters. The fraction of sp³-hybridized carbons (Fsp3) is 0.455. The lowest BCUT2D eigenvalue weighted by atomic mass is 10.1. The number of nitrogens with one attached hydrogen (secondary N) is 1. The summed E-state index contributed by atoms with van der Waals surface area (Å²) in [5.41, 5.74) is 1.88. The number of aliphatic hydroxyl groups excluding tert-OH is 1. The minimum absolute atomic E-state index is 0.0142. The third kappa shape index (κ3) is 3.20. The fourth-order valence-corrected chi connectivity index (χ4v) is 4.35. The Hall–Kier alpha value is -0.590. The number of sulfone groups is 1. The maximum Gasteiger partial charge on any atom is 0.155 e. The van der Waals surface area contributed by atoms with Gasteiger partial charge >= 0.3 is 0 Å². The average molecular weight is 320 g/mol. The second kappa shape index (κ2) is 4.59. The maximum absolute atomic E-state index is 11.4. The highest BCUT2D eigenvalue weighted by atomic mass is 79.9. The van der Waals surface area contributed by atoms with Crippen LogP contribution in [-0.2, 0) is 9.84 Å². The summed E-state index contributed by atoms with van der Waals surface area (Å²) in [6, 6.07) is 5.33. The van der Waals surface area contributed by atoms with Crippen LogP contribution in [0.3, 0.4) is 0 Å². The van der Waals surface area contributed by atoms with Crippen molar-refractivity contribution in [2.75, 3.05) is 16.8 Å².